The fourth-order valence-corrected chi connectivity index (χ4v) is 4.09. The first-order valence-corrected chi connectivity index (χ1v) is 11.6. The summed E-state index contributed by atoms with van der Waals surface area (Å²) in [5, 5.41) is 6.03. The summed E-state index contributed by atoms with van der Waals surface area (Å²) < 4.78 is 25.4. The molecular formula is C22H23N5O3S. The number of hydrogen-bond donors (Lipinski definition) is 3. The van der Waals surface area contributed by atoms with Gasteiger partial charge in [0.05, 0.1) is 17.6 Å². The predicted molar refractivity (Wildman–Crippen MR) is 121 cm³/mol. The van der Waals surface area contributed by atoms with E-state index < -0.39 is 10.0 Å². The van der Waals surface area contributed by atoms with Gasteiger partial charge in [0.1, 0.15) is 0 Å². The molecule has 9 heteroatoms. The summed E-state index contributed by atoms with van der Waals surface area (Å²) in [6.07, 6.45) is 2.75. The number of nitrogens with one attached hydrogen (secondary N) is 3. The topological polar surface area (TPSA) is 113 Å². The second-order valence-corrected chi connectivity index (χ2v) is 9.92. The highest BCUT2D eigenvalue weighted by atomic mass is 32.2. The first-order valence-electron chi connectivity index (χ1n) is 9.72. The number of aromatic nitrogens is 2. The Morgan fingerprint density at radius 3 is 2.61 bits per heavy atom. The number of rotatable bonds is 5. The number of carbonyl (C=O) groups is 1. The van der Waals surface area contributed by atoms with Crippen molar-refractivity contribution in [3.05, 3.63) is 65.9 Å². The quantitative estimate of drug-likeness (QED) is 0.565. The lowest BCUT2D eigenvalue weighted by Gasteiger charge is -2.32. The highest BCUT2D eigenvalue weighted by molar-refractivity contribution is 7.92. The van der Waals surface area contributed by atoms with E-state index in [1.54, 1.807) is 30.5 Å². The van der Waals surface area contributed by atoms with Crippen LogP contribution in [0.2, 0.25) is 0 Å². The van der Waals surface area contributed by atoms with E-state index in [1.807, 2.05) is 24.3 Å². The summed E-state index contributed by atoms with van der Waals surface area (Å²) >= 11 is 0. The van der Waals surface area contributed by atoms with Crippen LogP contribution in [0.25, 0.3) is 11.3 Å². The van der Waals surface area contributed by atoms with Crippen molar-refractivity contribution in [1.82, 2.24) is 15.3 Å². The molecule has 3 aromatic rings. The first kappa shape index (κ1) is 20.8. The van der Waals surface area contributed by atoms with Gasteiger partial charge >= 0.3 is 0 Å². The van der Waals surface area contributed by atoms with Crippen LogP contribution in [0.3, 0.4) is 0 Å². The maximum absolute atomic E-state index is 12.2. The maximum atomic E-state index is 12.2. The fraction of sp³-hybridized carbons (Fsp3) is 0.227. The van der Waals surface area contributed by atoms with E-state index in [9.17, 15) is 13.2 Å². The molecule has 0 unspecified atom stereocenters. The zero-order chi connectivity index (χ0) is 22.2. The van der Waals surface area contributed by atoms with Gasteiger partial charge in [0.25, 0.3) is 5.91 Å². The lowest BCUT2D eigenvalue weighted by molar-refractivity contribution is 0.0930. The second-order valence-electron chi connectivity index (χ2n) is 8.17. The molecule has 0 bridgehead atoms. The van der Waals surface area contributed by atoms with Crippen molar-refractivity contribution in [2.24, 2.45) is 0 Å². The highest BCUT2D eigenvalue weighted by Crippen LogP contribution is 2.33. The van der Waals surface area contributed by atoms with E-state index in [0.717, 1.165) is 17.4 Å². The van der Waals surface area contributed by atoms with Crippen LogP contribution in [-0.2, 0) is 15.4 Å². The normalized spacial score (nSPS) is 15.0. The Morgan fingerprint density at radius 2 is 1.84 bits per heavy atom. The molecule has 1 aromatic heterocycles. The average molecular weight is 438 g/mol. The zero-order valence-electron chi connectivity index (χ0n) is 17.4. The minimum atomic E-state index is -3.37. The third-order valence-electron chi connectivity index (χ3n) is 5.06. The maximum Gasteiger partial charge on any atom is 0.251 e. The van der Waals surface area contributed by atoms with Crippen LogP contribution < -0.4 is 15.4 Å². The van der Waals surface area contributed by atoms with Gasteiger partial charge < -0.3 is 10.6 Å². The van der Waals surface area contributed by atoms with E-state index in [2.05, 4.69) is 39.2 Å². The molecule has 0 atom stereocenters. The molecule has 1 aliphatic rings. The SMILES string of the molecule is CC1(C)CNC(=O)c2ccc(-c3ccnc(Nc4cccc(NS(C)(=O)=O)c4)n3)cc21. The minimum absolute atomic E-state index is 0.0616. The van der Waals surface area contributed by atoms with Gasteiger partial charge in [-0.25, -0.2) is 18.4 Å². The minimum Gasteiger partial charge on any atom is -0.351 e. The van der Waals surface area contributed by atoms with E-state index in [-0.39, 0.29) is 11.3 Å². The Morgan fingerprint density at radius 1 is 1.06 bits per heavy atom. The van der Waals surface area contributed by atoms with Crippen LogP contribution in [0.5, 0.6) is 0 Å². The molecule has 0 saturated heterocycles. The van der Waals surface area contributed by atoms with E-state index in [4.69, 9.17) is 0 Å². The van der Waals surface area contributed by atoms with E-state index in [0.29, 0.717) is 35.1 Å². The third kappa shape index (κ3) is 4.66. The molecule has 3 N–H and O–H groups in total. The molecule has 0 spiro atoms. The number of fused-ring (bicyclic) bond motifs is 1. The summed E-state index contributed by atoms with van der Waals surface area (Å²) in [5.41, 5.74) is 4.18. The number of nitrogens with zero attached hydrogens (tertiary/aromatic N) is 2. The van der Waals surface area contributed by atoms with Crippen molar-refractivity contribution < 1.29 is 13.2 Å². The van der Waals surface area contributed by atoms with Gasteiger partial charge in [-0.15, -0.1) is 0 Å². The molecule has 0 radical (unpaired) electrons. The van der Waals surface area contributed by atoms with Gasteiger partial charge in [-0.3, -0.25) is 9.52 Å². The Labute approximate surface area is 181 Å². The van der Waals surface area contributed by atoms with Crippen LogP contribution in [0.4, 0.5) is 17.3 Å². The Balaban J connectivity index is 1.63. The molecule has 2 aromatic carbocycles. The lowest BCUT2D eigenvalue weighted by Crippen LogP contribution is -2.43. The van der Waals surface area contributed by atoms with Crippen molar-refractivity contribution in [2.75, 3.05) is 22.8 Å². The van der Waals surface area contributed by atoms with Crippen molar-refractivity contribution in [2.45, 2.75) is 19.3 Å². The van der Waals surface area contributed by atoms with Crippen molar-refractivity contribution in [3.63, 3.8) is 0 Å². The second kappa shape index (κ2) is 7.66. The molecule has 0 fully saturated rings. The van der Waals surface area contributed by atoms with Gasteiger partial charge in [0.2, 0.25) is 16.0 Å². The molecule has 8 nitrogen and oxygen atoms in total. The Kier molecular flexibility index (Phi) is 5.14. The highest BCUT2D eigenvalue weighted by Gasteiger charge is 2.31. The fourth-order valence-electron chi connectivity index (χ4n) is 3.54. The van der Waals surface area contributed by atoms with Gasteiger partial charge in [0, 0.05) is 35.0 Å². The van der Waals surface area contributed by atoms with Crippen LogP contribution in [0.1, 0.15) is 29.8 Å². The summed E-state index contributed by atoms with van der Waals surface area (Å²) in [6, 6.07) is 14.4. The molecule has 0 saturated carbocycles. The molecule has 0 aliphatic carbocycles. The number of hydrogen-bond acceptors (Lipinski definition) is 6. The van der Waals surface area contributed by atoms with Gasteiger partial charge in [0.15, 0.2) is 0 Å². The molecule has 160 valence electrons. The standard InChI is InChI=1S/C22H23N5O3S/c1-22(2)13-24-20(28)17-8-7-14(11-18(17)22)19-9-10-23-21(26-19)25-15-5-4-6-16(12-15)27-31(3,29)30/h4-12,27H,13H2,1-3H3,(H,24,28)(H,23,25,26). The molecule has 2 heterocycles. The number of benzene rings is 2. The van der Waals surface area contributed by atoms with Crippen LogP contribution in [0.15, 0.2) is 54.7 Å². The van der Waals surface area contributed by atoms with Gasteiger partial charge in [-0.05, 0) is 42.0 Å². The summed E-state index contributed by atoms with van der Waals surface area (Å²) in [4.78, 5) is 21.1. The summed E-state index contributed by atoms with van der Waals surface area (Å²) in [5.74, 6) is 0.317. The molecule has 1 aliphatic heterocycles. The van der Waals surface area contributed by atoms with Crippen molar-refractivity contribution in [3.8, 4) is 11.3 Å². The monoisotopic (exact) mass is 437 g/mol. The number of anilines is 3. The van der Waals surface area contributed by atoms with E-state index in [1.165, 1.54) is 0 Å². The zero-order valence-corrected chi connectivity index (χ0v) is 18.2. The molecule has 31 heavy (non-hydrogen) atoms. The molecular weight excluding hydrogens is 414 g/mol. The largest absolute Gasteiger partial charge is 0.351 e. The number of amides is 1. The number of carbonyl (C=O) groups excluding carboxylic acids is 1. The van der Waals surface area contributed by atoms with Crippen molar-refractivity contribution in [1.29, 1.82) is 0 Å². The molecule has 4 rings (SSSR count). The van der Waals surface area contributed by atoms with Crippen LogP contribution >= 0.6 is 0 Å². The predicted octanol–water partition coefficient (Wildman–Crippen LogP) is 3.28. The summed E-state index contributed by atoms with van der Waals surface area (Å²) in [7, 11) is -3.37. The van der Waals surface area contributed by atoms with E-state index >= 15 is 0 Å². The Bertz CT molecular complexity index is 1270. The van der Waals surface area contributed by atoms with Crippen molar-refractivity contribution >= 4 is 33.3 Å². The van der Waals surface area contributed by atoms with Gasteiger partial charge in [-0.1, -0.05) is 26.0 Å². The number of sulfonamides is 1. The lowest BCUT2D eigenvalue weighted by atomic mass is 9.78. The summed E-state index contributed by atoms with van der Waals surface area (Å²) in [6.45, 7) is 4.77. The average Bonchev–Trinajstić information content (AvgIpc) is 2.70. The smallest absolute Gasteiger partial charge is 0.251 e. The van der Waals surface area contributed by atoms with Crippen LogP contribution in [0, 0.1) is 0 Å². The third-order valence-corrected chi connectivity index (χ3v) is 5.66. The Hall–Kier alpha value is -3.46. The van der Waals surface area contributed by atoms with Crippen LogP contribution in [-0.4, -0.2) is 37.1 Å². The first-order chi connectivity index (χ1) is 14.6. The van der Waals surface area contributed by atoms with Gasteiger partial charge in [-0.2, -0.15) is 0 Å². The molecule has 1 amide bonds.